The number of aliphatic hydroxyl groups is 1. The molecule has 1 unspecified atom stereocenters. The van der Waals surface area contributed by atoms with Gasteiger partial charge in [-0.3, -0.25) is 9.36 Å². The van der Waals surface area contributed by atoms with Crippen molar-refractivity contribution in [2.24, 2.45) is 0 Å². The largest absolute Gasteiger partial charge is 0.495 e. The Balaban J connectivity index is 1.47. The van der Waals surface area contributed by atoms with Gasteiger partial charge in [0.1, 0.15) is 17.1 Å². The van der Waals surface area contributed by atoms with Crippen molar-refractivity contribution in [2.45, 2.75) is 56.8 Å². The Bertz CT molecular complexity index is 1550. The van der Waals surface area contributed by atoms with Gasteiger partial charge in [0.15, 0.2) is 8.03 Å². The number of aryl methyl sites for hydroxylation is 1. The first-order chi connectivity index (χ1) is 20.4. The van der Waals surface area contributed by atoms with Gasteiger partial charge in [0, 0.05) is 26.0 Å². The first kappa shape index (κ1) is 30.8. The van der Waals surface area contributed by atoms with Crippen LogP contribution in [0.4, 0.5) is 36.3 Å². The minimum atomic E-state index is -4.77. The lowest BCUT2D eigenvalue weighted by Crippen LogP contribution is -2.18. The van der Waals surface area contributed by atoms with Gasteiger partial charge in [0.25, 0.3) is 5.91 Å². The maximum atomic E-state index is 14.0. The number of nitrogens with one attached hydrogen (secondary N) is 2. The van der Waals surface area contributed by atoms with Crippen LogP contribution in [0.5, 0.6) is 5.75 Å². The summed E-state index contributed by atoms with van der Waals surface area (Å²) in [6.45, 7) is 0.407. The lowest BCUT2D eigenvalue weighted by atomic mass is 9.80. The Morgan fingerprint density at radius 1 is 1.12 bits per heavy atom. The van der Waals surface area contributed by atoms with Gasteiger partial charge in [-0.1, -0.05) is 12.1 Å². The molecule has 230 valence electrons. The van der Waals surface area contributed by atoms with E-state index in [1.807, 2.05) is 6.07 Å². The number of methoxy groups -OCH3 is 1. The summed E-state index contributed by atoms with van der Waals surface area (Å²) in [6, 6.07) is 8.39. The van der Waals surface area contributed by atoms with Gasteiger partial charge in [0.05, 0.1) is 30.2 Å². The lowest BCUT2D eigenvalue weighted by molar-refractivity contribution is -0.137. The number of hydrogen-bond acceptors (Lipinski definition) is 8. The van der Waals surface area contributed by atoms with Crippen molar-refractivity contribution in [2.75, 3.05) is 31.0 Å². The van der Waals surface area contributed by atoms with Crippen molar-refractivity contribution in [1.29, 1.82) is 0 Å². The Hall–Kier alpha value is -3.67. The smallest absolute Gasteiger partial charge is 0.421 e. The standard InChI is InChI=1S/C29H33F3N5O5P/c1-37-15-20-19(17-4-6-18(38)7-5-17)8-10-23(25(20)27(37)39)35-28-33-14-21(29(30,31)32)26(36-28)34-22-9-3-16(11-12-43(40)41)13-24(22)42-2/h3,8-10,13-14,17-18,38,43H,4-7,11-12,15H2,1-2H3,(H,40,41)(H2,33,34,35,36)/t17-,18-. The molecule has 1 amide bonds. The molecule has 1 atom stereocenters. The zero-order chi connectivity index (χ0) is 30.9. The molecule has 10 nitrogen and oxygen atoms in total. The number of hydrogen-bond donors (Lipinski definition) is 4. The Labute approximate surface area is 247 Å². The molecule has 2 aromatic carbocycles. The third-order valence-corrected chi connectivity index (χ3v) is 8.61. The molecular formula is C29H33F3N5O5P. The number of nitrogens with zero attached hydrogens (tertiary/aromatic N) is 3. The molecule has 1 aliphatic heterocycles. The van der Waals surface area contributed by atoms with E-state index in [-0.39, 0.29) is 41.5 Å². The summed E-state index contributed by atoms with van der Waals surface area (Å²) >= 11 is 0. The normalized spacial score (nSPS) is 19.2. The van der Waals surface area contributed by atoms with Crippen LogP contribution >= 0.6 is 8.03 Å². The minimum Gasteiger partial charge on any atom is -0.495 e. The number of amides is 1. The fraction of sp³-hybridized carbons (Fsp3) is 0.414. The first-order valence-corrected chi connectivity index (χ1v) is 15.5. The van der Waals surface area contributed by atoms with Crippen LogP contribution in [-0.4, -0.2) is 57.2 Å². The van der Waals surface area contributed by atoms with Gasteiger partial charge in [-0.2, -0.15) is 18.2 Å². The van der Waals surface area contributed by atoms with Crippen molar-refractivity contribution in [3.05, 3.63) is 64.3 Å². The van der Waals surface area contributed by atoms with E-state index in [1.165, 1.54) is 13.2 Å². The van der Waals surface area contributed by atoms with Crippen molar-refractivity contribution < 1.29 is 37.3 Å². The molecule has 1 aromatic heterocycles. The highest BCUT2D eigenvalue weighted by Gasteiger charge is 2.36. The zero-order valence-corrected chi connectivity index (χ0v) is 24.7. The topological polar surface area (TPSA) is 137 Å². The summed E-state index contributed by atoms with van der Waals surface area (Å²) in [5.74, 6) is -0.437. The molecule has 3 aromatic rings. The van der Waals surface area contributed by atoms with Crippen LogP contribution in [0.25, 0.3) is 0 Å². The van der Waals surface area contributed by atoms with Gasteiger partial charge in [-0.05, 0) is 72.9 Å². The monoisotopic (exact) mass is 619 g/mol. The van der Waals surface area contributed by atoms with Crippen molar-refractivity contribution in [1.82, 2.24) is 14.9 Å². The summed E-state index contributed by atoms with van der Waals surface area (Å²) in [7, 11) is 0.390. The SMILES string of the molecule is COc1cc(CC[PH](=O)O)ccc1Nc1nc(Nc2ccc([C@H]3CC[C@H](O)CC3)c3c2C(=O)N(C)C3)ncc1C(F)(F)F. The maximum Gasteiger partial charge on any atom is 0.421 e. The number of halogens is 3. The van der Waals surface area contributed by atoms with Gasteiger partial charge in [-0.25, -0.2) is 4.98 Å². The number of aromatic nitrogens is 2. The van der Waals surface area contributed by atoms with Crippen molar-refractivity contribution in [3.63, 3.8) is 0 Å². The van der Waals surface area contributed by atoms with Gasteiger partial charge in [-0.15, -0.1) is 0 Å². The fourth-order valence-electron chi connectivity index (χ4n) is 5.69. The van der Waals surface area contributed by atoms with E-state index in [1.54, 1.807) is 30.1 Å². The molecule has 14 heteroatoms. The molecule has 2 aliphatic rings. The molecule has 0 saturated heterocycles. The van der Waals surface area contributed by atoms with Gasteiger partial charge >= 0.3 is 6.18 Å². The number of aliphatic hydroxyl groups excluding tert-OH is 1. The summed E-state index contributed by atoms with van der Waals surface area (Å²) < 4.78 is 58.4. The number of fused-ring (bicyclic) bond motifs is 1. The minimum absolute atomic E-state index is 0.0759. The number of anilines is 4. The second kappa shape index (κ2) is 12.5. The molecule has 0 bridgehead atoms. The summed E-state index contributed by atoms with van der Waals surface area (Å²) in [5, 5.41) is 15.6. The van der Waals surface area contributed by atoms with Gasteiger partial charge < -0.3 is 30.3 Å². The Morgan fingerprint density at radius 2 is 1.84 bits per heavy atom. The third-order valence-electron chi connectivity index (χ3n) is 7.93. The molecule has 0 spiro atoms. The van der Waals surface area contributed by atoms with Crippen LogP contribution in [0.1, 0.15) is 64.2 Å². The van der Waals surface area contributed by atoms with E-state index in [0.29, 0.717) is 48.8 Å². The van der Waals surface area contributed by atoms with E-state index in [0.717, 1.165) is 24.0 Å². The van der Waals surface area contributed by atoms with Crippen LogP contribution in [0, 0.1) is 0 Å². The molecule has 43 heavy (non-hydrogen) atoms. The highest BCUT2D eigenvalue weighted by molar-refractivity contribution is 7.37. The lowest BCUT2D eigenvalue weighted by Gasteiger charge is -2.27. The quantitative estimate of drug-likeness (QED) is 0.226. The highest BCUT2D eigenvalue weighted by atomic mass is 31.1. The molecule has 1 fully saturated rings. The average molecular weight is 620 g/mol. The summed E-state index contributed by atoms with van der Waals surface area (Å²) in [5.41, 5.74) is 2.53. The number of rotatable bonds is 9. The van der Waals surface area contributed by atoms with Crippen LogP contribution in [0.2, 0.25) is 0 Å². The Kier molecular flexibility index (Phi) is 8.96. The van der Waals surface area contributed by atoms with E-state index < -0.39 is 25.6 Å². The van der Waals surface area contributed by atoms with E-state index in [9.17, 15) is 27.6 Å². The molecule has 5 rings (SSSR count). The average Bonchev–Trinajstić information content (AvgIpc) is 3.26. The summed E-state index contributed by atoms with van der Waals surface area (Å²) in [6.07, 6.45) is -1.03. The second-order valence-corrected chi connectivity index (χ2v) is 12.1. The Morgan fingerprint density at radius 3 is 2.51 bits per heavy atom. The number of benzene rings is 2. The molecule has 1 saturated carbocycles. The predicted molar refractivity (Wildman–Crippen MR) is 156 cm³/mol. The second-order valence-electron chi connectivity index (χ2n) is 10.9. The first-order valence-electron chi connectivity index (χ1n) is 13.9. The third kappa shape index (κ3) is 6.79. The molecule has 4 N–H and O–H groups in total. The van der Waals surface area contributed by atoms with Gasteiger partial charge in [0.2, 0.25) is 5.95 Å². The van der Waals surface area contributed by atoms with E-state index >= 15 is 0 Å². The fourth-order valence-corrected chi connectivity index (χ4v) is 6.19. The van der Waals surface area contributed by atoms with Crippen LogP contribution < -0.4 is 15.4 Å². The maximum absolute atomic E-state index is 14.0. The zero-order valence-electron chi connectivity index (χ0n) is 23.7. The molecular weight excluding hydrogens is 586 g/mol. The van der Waals surface area contributed by atoms with Crippen LogP contribution in [0.3, 0.4) is 0 Å². The summed E-state index contributed by atoms with van der Waals surface area (Å²) in [4.78, 5) is 32.0. The highest BCUT2D eigenvalue weighted by Crippen LogP contribution is 2.42. The number of ether oxygens (including phenoxy) is 1. The molecule has 0 radical (unpaired) electrons. The molecule has 2 heterocycles. The molecule has 1 aliphatic carbocycles. The number of alkyl halides is 3. The van der Waals surface area contributed by atoms with Crippen LogP contribution in [-0.2, 0) is 23.7 Å². The number of carbonyl (C=O) groups is 1. The van der Waals surface area contributed by atoms with Crippen molar-refractivity contribution in [3.8, 4) is 5.75 Å². The van der Waals surface area contributed by atoms with E-state index in [2.05, 4.69) is 20.6 Å². The predicted octanol–water partition coefficient (Wildman–Crippen LogP) is 5.60. The number of carbonyl (C=O) groups excluding carboxylic acids is 1. The van der Waals surface area contributed by atoms with Crippen molar-refractivity contribution >= 4 is 37.1 Å². The van der Waals surface area contributed by atoms with E-state index in [4.69, 9.17) is 9.63 Å². The van der Waals surface area contributed by atoms with Crippen LogP contribution in [0.15, 0.2) is 36.5 Å².